The van der Waals surface area contributed by atoms with E-state index in [0.29, 0.717) is 11.3 Å². The van der Waals surface area contributed by atoms with Gasteiger partial charge in [0.2, 0.25) is 0 Å². The van der Waals surface area contributed by atoms with Crippen LogP contribution in [0.3, 0.4) is 0 Å². The van der Waals surface area contributed by atoms with Gasteiger partial charge < -0.3 is 21.1 Å². The van der Waals surface area contributed by atoms with Crippen molar-refractivity contribution in [1.29, 1.82) is 0 Å². The monoisotopic (exact) mass is 437 g/mol. The molecule has 8 heteroatoms. The summed E-state index contributed by atoms with van der Waals surface area (Å²) >= 11 is 10.6. The first kappa shape index (κ1) is 22.3. The molecule has 0 saturated heterocycles. The van der Waals surface area contributed by atoms with E-state index in [4.69, 9.17) is 30.2 Å². The molecular weight excluding hydrogens is 414 g/mol. The van der Waals surface area contributed by atoms with Crippen LogP contribution in [0.15, 0.2) is 24.3 Å². The highest BCUT2D eigenvalue weighted by Gasteiger charge is 2.24. The van der Waals surface area contributed by atoms with Gasteiger partial charge in [0.05, 0.1) is 0 Å². The Morgan fingerprint density at radius 2 is 1.25 bits per heavy atom. The van der Waals surface area contributed by atoms with E-state index < -0.39 is 10.8 Å². The third-order valence-corrected chi connectivity index (χ3v) is 6.83. The molecule has 1 atom stereocenters. The van der Waals surface area contributed by atoms with Crippen LogP contribution in [0.1, 0.15) is 61.8 Å². The van der Waals surface area contributed by atoms with Crippen LogP contribution in [0.5, 0.6) is 17.2 Å². The lowest BCUT2D eigenvalue weighted by Gasteiger charge is -2.16. The first-order chi connectivity index (χ1) is 13.0. The Balaban J connectivity index is 2.47. The quantitative estimate of drug-likeness (QED) is 0.414. The Hall–Kier alpha value is -2.03. The van der Waals surface area contributed by atoms with Crippen LogP contribution < -0.4 is 5.73 Å². The summed E-state index contributed by atoms with van der Waals surface area (Å²) in [6.45, 7) is 7.64. The fraction of sp³-hybridized carbons (Fsp3) is 0.300. The van der Waals surface area contributed by atoms with Crippen LogP contribution in [0, 0.1) is 0 Å². The van der Waals surface area contributed by atoms with Crippen molar-refractivity contribution in [1.82, 2.24) is 0 Å². The SMILES string of the molecule is CC(C)c1cc(C(=S)S(=O)C(=S)c2cc(C(C)C)c(O)cc2O)c(O)cc1N. The maximum atomic E-state index is 13.0. The number of thiocarbonyl (C=S) groups is 2. The van der Waals surface area contributed by atoms with Crippen molar-refractivity contribution in [3.8, 4) is 17.2 Å². The van der Waals surface area contributed by atoms with Crippen LogP contribution in [-0.2, 0) is 10.8 Å². The average Bonchev–Trinajstić information content (AvgIpc) is 2.59. The second kappa shape index (κ2) is 8.55. The smallest absolute Gasteiger partial charge is 0.128 e. The highest BCUT2D eigenvalue weighted by molar-refractivity contribution is 8.29. The first-order valence-electron chi connectivity index (χ1n) is 8.64. The minimum absolute atomic E-state index is 0.0303. The molecule has 5 nitrogen and oxygen atoms in total. The van der Waals surface area contributed by atoms with Crippen molar-refractivity contribution in [3.63, 3.8) is 0 Å². The molecule has 0 radical (unpaired) electrons. The number of nitrogens with two attached hydrogens (primary N) is 1. The summed E-state index contributed by atoms with van der Waals surface area (Å²) in [7, 11) is -1.97. The maximum absolute atomic E-state index is 13.0. The Labute approximate surface area is 177 Å². The first-order valence-corrected chi connectivity index (χ1v) is 10.6. The van der Waals surface area contributed by atoms with Gasteiger partial charge in [-0.3, -0.25) is 0 Å². The molecule has 0 spiro atoms. The normalized spacial score (nSPS) is 12.4. The summed E-state index contributed by atoms with van der Waals surface area (Å²) in [5.41, 5.74) is 8.07. The molecule has 0 bridgehead atoms. The number of anilines is 1. The number of hydrogen-bond acceptors (Lipinski definition) is 7. The second-order valence-corrected chi connectivity index (χ2v) is 9.77. The van der Waals surface area contributed by atoms with Gasteiger partial charge in [0, 0.05) is 28.9 Å². The van der Waals surface area contributed by atoms with Crippen molar-refractivity contribution < 1.29 is 19.5 Å². The summed E-state index contributed by atoms with van der Waals surface area (Å²) in [6.07, 6.45) is 0. The van der Waals surface area contributed by atoms with Gasteiger partial charge in [0.25, 0.3) is 0 Å². The van der Waals surface area contributed by atoms with Crippen LogP contribution in [0.25, 0.3) is 0 Å². The van der Waals surface area contributed by atoms with Gasteiger partial charge in [-0.2, -0.15) is 0 Å². The zero-order valence-corrected chi connectivity index (χ0v) is 18.5. The van der Waals surface area contributed by atoms with Crippen molar-refractivity contribution in [2.45, 2.75) is 39.5 Å². The van der Waals surface area contributed by atoms with Crippen molar-refractivity contribution in [2.75, 3.05) is 5.73 Å². The number of hydrogen-bond donors (Lipinski definition) is 4. The number of nitrogen functional groups attached to an aromatic ring is 1. The standard InChI is InChI=1S/C20H23NO4S3/c1-9(2)11-5-13(16(22)7-15(11)21)19(26)28(25)20(27)14-6-12(10(3)4)17(23)8-18(14)24/h5-10,22-24H,21H2,1-4H3. The van der Waals surface area contributed by atoms with Crippen LogP contribution in [-0.4, -0.2) is 27.9 Å². The molecule has 0 aliphatic rings. The summed E-state index contributed by atoms with van der Waals surface area (Å²) in [5.74, 6) is -0.479. The van der Waals surface area contributed by atoms with Gasteiger partial charge >= 0.3 is 0 Å². The zero-order valence-electron chi connectivity index (χ0n) is 16.0. The summed E-state index contributed by atoms with van der Waals surface area (Å²) in [4.78, 5) is 0. The maximum Gasteiger partial charge on any atom is 0.128 e. The fourth-order valence-corrected chi connectivity index (χ4v) is 4.67. The van der Waals surface area contributed by atoms with E-state index in [0.717, 1.165) is 5.56 Å². The largest absolute Gasteiger partial charge is 0.508 e. The van der Waals surface area contributed by atoms with E-state index in [1.165, 1.54) is 18.2 Å². The van der Waals surface area contributed by atoms with E-state index in [1.54, 1.807) is 6.07 Å². The highest BCUT2D eigenvalue weighted by Crippen LogP contribution is 2.35. The lowest BCUT2D eigenvalue weighted by molar-refractivity contribution is 0.443. The molecule has 5 N–H and O–H groups in total. The topological polar surface area (TPSA) is 104 Å². The zero-order chi connectivity index (χ0) is 21.3. The average molecular weight is 438 g/mol. The predicted octanol–water partition coefficient (Wildman–Crippen LogP) is 4.43. The predicted molar refractivity (Wildman–Crippen MR) is 122 cm³/mol. The molecule has 2 aromatic rings. The molecule has 0 saturated carbocycles. The lowest BCUT2D eigenvalue weighted by atomic mass is 9.98. The highest BCUT2D eigenvalue weighted by atomic mass is 32.2. The molecule has 0 aromatic heterocycles. The molecule has 0 heterocycles. The van der Waals surface area contributed by atoms with E-state index >= 15 is 0 Å². The summed E-state index contributed by atoms with van der Waals surface area (Å²) in [5, 5.41) is 30.4. The lowest BCUT2D eigenvalue weighted by Crippen LogP contribution is -2.17. The number of phenolic OH excluding ortho intramolecular Hbond substituents is 3. The van der Waals surface area contributed by atoms with Gasteiger partial charge in [0.15, 0.2) is 0 Å². The van der Waals surface area contributed by atoms with E-state index in [9.17, 15) is 19.5 Å². The number of rotatable bonds is 4. The van der Waals surface area contributed by atoms with E-state index in [1.807, 2.05) is 27.7 Å². The van der Waals surface area contributed by atoms with Crippen LogP contribution >= 0.6 is 24.4 Å². The Bertz CT molecular complexity index is 906. The number of phenols is 3. The van der Waals surface area contributed by atoms with Crippen LogP contribution in [0.4, 0.5) is 5.69 Å². The summed E-state index contributed by atoms with van der Waals surface area (Å²) in [6, 6.07) is 5.69. The van der Waals surface area contributed by atoms with Gasteiger partial charge in [-0.1, -0.05) is 52.1 Å². The minimum atomic E-state index is -1.97. The van der Waals surface area contributed by atoms with Crippen molar-refractivity contribution >= 4 is 49.3 Å². The third kappa shape index (κ3) is 4.34. The second-order valence-electron chi connectivity index (χ2n) is 7.08. The molecule has 1 unspecified atom stereocenters. The molecule has 0 fully saturated rings. The molecule has 0 amide bonds. The molecular formula is C20H23NO4S3. The van der Waals surface area contributed by atoms with E-state index in [-0.39, 0.29) is 48.6 Å². The van der Waals surface area contributed by atoms with Crippen molar-refractivity contribution in [2.24, 2.45) is 0 Å². The molecule has 0 aliphatic carbocycles. The third-order valence-electron chi connectivity index (χ3n) is 4.37. The number of aromatic hydroxyl groups is 3. The van der Waals surface area contributed by atoms with Gasteiger partial charge in [-0.25, -0.2) is 4.21 Å². The molecule has 28 heavy (non-hydrogen) atoms. The fourth-order valence-electron chi connectivity index (χ4n) is 2.79. The minimum Gasteiger partial charge on any atom is -0.508 e. The molecule has 2 rings (SSSR count). The Morgan fingerprint density at radius 1 is 0.821 bits per heavy atom. The van der Waals surface area contributed by atoms with Crippen molar-refractivity contribution in [3.05, 3.63) is 46.5 Å². The molecule has 150 valence electrons. The van der Waals surface area contributed by atoms with Gasteiger partial charge in [-0.05, 0) is 35.1 Å². The summed E-state index contributed by atoms with van der Waals surface area (Å²) < 4.78 is 12.9. The Morgan fingerprint density at radius 3 is 1.71 bits per heavy atom. The Kier molecular flexibility index (Phi) is 6.80. The van der Waals surface area contributed by atoms with Gasteiger partial charge in [-0.15, -0.1) is 0 Å². The molecule has 0 aliphatic heterocycles. The number of benzene rings is 2. The van der Waals surface area contributed by atoms with Crippen LogP contribution in [0.2, 0.25) is 0 Å². The molecule has 2 aromatic carbocycles. The van der Waals surface area contributed by atoms with Gasteiger partial charge in [0.1, 0.15) is 36.4 Å². The van der Waals surface area contributed by atoms with E-state index in [2.05, 4.69) is 0 Å².